The maximum atomic E-state index is 11.9. The Balaban J connectivity index is 1.88. The quantitative estimate of drug-likeness (QED) is 0.463. The summed E-state index contributed by atoms with van der Waals surface area (Å²) in [4.78, 5) is 16.4. The molecule has 23 heavy (non-hydrogen) atoms. The second-order valence-electron chi connectivity index (χ2n) is 4.94. The highest BCUT2D eigenvalue weighted by molar-refractivity contribution is 7.17. The lowest BCUT2D eigenvalue weighted by atomic mass is 10.2. The number of nitrogens with one attached hydrogen (secondary N) is 1. The van der Waals surface area contributed by atoms with Gasteiger partial charge in [0.25, 0.3) is 5.91 Å². The van der Waals surface area contributed by atoms with Crippen LogP contribution in [0.5, 0.6) is 5.75 Å². The fourth-order valence-corrected chi connectivity index (χ4v) is 2.55. The first kappa shape index (κ1) is 17.0. The van der Waals surface area contributed by atoms with E-state index in [1.165, 1.54) is 0 Å². The number of nitrogen functional groups attached to an aromatic ring is 1. The van der Waals surface area contributed by atoms with Crippen LogP contribution in [-0.2, 0) is 0 Å². The van der Waals surface area contributed by atoms with Crippen molar-refractivity contribution in [3.05, 3.63) is 40.4 Å². The molecule has 1 aromatic heterocycles. The molecule has 0 aliphatic rings. The van der Waals surface area contributed by atoms with Crippen LogP contribution >= 0.6 is 11.3 Å². The summed E-state index contributed by atoms with van der Waals surface area (Å²) in [5, 5.41) is 4.32. The second kappa shape index (κ2) is 8.28. The van der Waals surface area contributed by atoms with Crippen LogP contribution in [0, 0.1) is 6.92 Å². The molecule has 0 fully saturated rings. The van der Waals surface area contributed by atoms with Crippen molar-refractivity contribution in [1.29, 1.82) is 0 Å². The number of anilines is 1. The van der Waals surface area contributed by atoms with Gasteiger partial charge in [0.05, 0.1) is 18.5 Å². The van der Waals surface area contributed by atoms with Crippen molar-refractivity contribution in [2.45, 2.75) is 26.7 Å². The van der Waals surface area contributed by atoms with Gasteiger partial charge in [-0.15, -0.1) is 0 Å². The number of aromatic nitrogens is 1. The summed E-state index contributed by atoms with van der Waals surface area (Å²) in [6.45, 7) is 4.58. The second-order valence-corrected chi connectivity index (χ2v) is 5.97. The molecule has 7 heteroatoms. The monoisotopic (exact) mass is 332 g/mol. The van der Waals surface area contributed by atoms with E-state index in [4.69, 9.17) is 10.5 Å². The molecule has 3 N–H and O–H groups in total. The van der Waals surface area contributed by atoms with Crippen molar-refractivity contribution in [1.82, 2.24) is 10.4 Å². The third-order valence-electron chi connectivity index (χ3n) is 3.05. The number of hydrazone groups is 1. The van der Waals surface area contributed by atoms with Crippen molar-refractivity contribution < 1.29 is 9.53 Å². The van der Waals surface area contributed by atoms with E-state index in [9.17, 15) is 4.79 Å². The fraction of sp³-hybridized carbons (Fsp3) is 0.312. The van der Waals surface area contributed by atoms with Crippen LogP contribution in [0.1, 0.15) is 40.7 Å². The maximum Gasteiger partial charge on any atom is 0.283 e. The molecule has 0 bridgehead atoms. The highest BCUT2D eigenvalue weighted by Gasteiger charge is 2.13. The average molecular weight is 332 g/mol. The van der Waals surface area contributed by atoms with Crippen LogP contribution in [0.2, 0.25) is 0 Å². The van der Waals surface area contributed by atoms with Gasteiger partial charge in [-0.2, -0.15) is 5.10 Å². The number of amides is 1. The summed E-state index contributed by atoms with van der Waals surface area (Å²) in [7, 11) is 0. The molecule has 2 aromatic rings. The first-order valence-electron chi connectivity index (χ1n) is 7.39. The molecule has 1 aromatic carbocycles. The van der Waals surface area contributed by atoms with E-state index in [0.29, 0.717) is 15.7 Å². The van der Waals surface area contributed by atoms with Gasteiger partial charge in [0, 0.05) is 0 Å². The van der Waals surface area contributed by atoms with E-state index in [1.807, 2.05) is 24.3 Å². The Kier molecular flexibility index (Phi) is 6.10. The van der Waals surface area contributed by atoms with Gasteiger partial charge in [0.15, 0.2) is 5.13 Å². The Morgan fingerprint density at radius 1 is 1.43 bits per heavy atom. The highest BCUT2D eigenvalue weighted by atomic mass is 32.1. The fourth-order valence-electron chi connectivity index (χ4n) is 1.83. The van der Waals surface area contributed by atoms with Gasteiger partial charge in [-0.1, -0.05) is 24.7 Å². The van der Waals surface area contributed by atoms with Crippen molar-refractivity contribution >= 4 is 28.6 Å². The normalized spacial score (nSPS) is 10.9. The van der Waals surface area contributed by atoms with Gasteiger partial charge in [-0.3, -0.25) is 4.79 Å². The lowest BCUT2D eigenvalue weighted by Gasteiger charge is -2.04. The van der Waals surface area contributed by atoms with Gasteiger partial charge in [0.2, 0.25) is 0 Å². The van der Waals surface area contributed by atoms with E-state index < -0.39 is 0 Å². The molecule has 0 saturated heterocycles. The molecule has 1 amide bonds. The first-order chi connectivity index (χ1) is 11.1. The number of carbonyl (C=O) groups excluding carboxylic acids is 1. The number of ether oxygens (including phenoxy) is 1. The number of nitrogens with two attached hydrogens (primary N) is 1. The topological polar surface area (TPSA) is 89.6 Å². The molecular formula is C16H20N4O2S. The number of thiazole rings is 1. The van der Waals surface area contributed by atoms with E-state index in [0.717, 1.165) is 42.1 Å². The highest BCUT2D eigenvalue weighted by Crippen LogP contribution is 2.19. The van der Waals surface area contributed by atoms with Crippen LogP contribution in [-0.4, -0.2) is 23.7 Å². The molecule has 122 valence electrons. The first-order valence-corrected chi connectivity index (χ1v) is 8.21. The van der Waals surface area contributed by atoms with Crippen LogP contribution in [0.3, 0.4) is 0 Å². The molecular weight excluding hydrogens is 312 g/mol. The Morgan fingerprint density at radius 2 is 2.17 bits per heavy atom. The number of aryl methyl sites for hydroxylation is 1. The number of hydrogen-bond donors (Lipinski definition) is 2. The largest absolute Gasteiger partial charge is 0.494 e. The lowest BCUT2D eigenvalue weighted by molar-refractivity contribution is 0.0958. The Hall–Kier alpha value is -2.41. The Labute approximate surface area is 139 Å². The molecule has 0 aliphatic heterocycles. The molecule has 0 radical (unpaired) electrons. The van der Waals surface area contributed by atoms with Crippen molar-refractivity contribution in [3.8, 4) is 5.75 Å². The van der Waals surface area contributed by atoms with Crippen molar-refractivity contribution in [2.24, 2.45) is 5.10 Å². The molecule has 0 saturated carbocycles. The molecule has 0 atom stereocenters. The molecule has 2 rings (SSSR count). The minimum absolute atomic E-state index is 0.313. The minimum Gasteiger partial charge on any atom is -0.494 e. The summed E-state index contributed by atoms with van der Waals surface area (Å²) in [5.41, 5.74) is 9.52. The van der Waals surface area contributed by atoms with Crippen molar-refractivity contribution in [2.75, 3.05) is 12.3 Å². The Bertz CT molecular complexity index is 680. The SMILES string of the molecule is CCCCOc1ccc(C=NNC(=O)c2sc(N)nc2C)cc1. The number of hydrogen-bond acceptors (Lipinski definition) is 6. The third-order valence-corrected chi connectivity index (χ3v) is 4.03. The average Bonchev–Trinajstić information content (AvgIpc) is 2.88. The van der Waals surface area contributed by atoms with Gasteiger partial charge in [-0.25, -0.2) is 10.4 Å². The van der Waals surface area contributed by atoms with Crippen LogP contribution in [0.15, 0.2) is 29.4 Å². The van der Waals surface area contributed by atoms with Crippen LogP contribution < -0.4 is 15.9 Å². The van der Waals surface area contributed by atoms with E-state index in [-0.39, 0.29) is 5.91 Å². The smallest absolute Gasteiger partial charge is 0.283 e. The molecule has 6 nitrogen and oxygen atoms in total. The molecule has 0 spiro atoms. The molecule has 1 heterocycles. The van der Waals surface area contributed by atoms with Crippen LogP contribution in [0.25, 0.3) is 0 Å². The lowest BCUT2D eigenvalue weighted by Crippen LogP contribution is -2.17. The summed E-state index contributed by atoms with van der Waals surface area (Å²) < 4.78 is 5.59. The number of rotatable bonds is 7. The van der Waals surface area contributed by atoms with Gasteiger partial charge in [-0.05, 0) is 43.2 Å². The van der Waals surface area contributed by atoms with E-state index in [1.54, 1.807) is 13.1 Å². The summed E-state index contributed by atoms with van der Waals surface area (Å²) in [5.74, 6) is 0.517. The predicted molar refractivity (Wildman–Crippen MR) is 93.2 cm³/mol. The van der Waals surface area contributed by atoms with Crippen LogP contribution in [0.4, 0.5) is 5.13 Å². The zero-order chi connectivity index (χ0) is 16.7. The summed E-state index contributed by atoms with van der Waals surface area (Å²) in [6, 6.07) is 7.53. The van der Waals surface area contributed by atoms with Gasteiger partial charge < -0.3 is 10.5 Å². The summed E-state index contributed by atoms with van der Waals surface area (Å²) in [6.07, 6.45) is 3.72. The zero-order valence-corrected chi connectivity index (χ0v) is 14.0. The standard InChI is InChI=1S/C16H20N4O2S/c1-3-4-9-22-13-7-5-12(6-8-13)10-18-20-15(21)14-11(2)19-16(17)23-14/h5-8,10H,3-4,9H2,1-2H3,(H2,17,19)(H,20,21). The summed E-state index contributed by atoms with van der Waals surface area (Å²) >= 11 is 1.14. The number of benzene rings is 1. The van der Waals surface area contributed by atoms with Gasteiger partial charge in [0.1, 0.15) is 10.6 Å². The molecule has 0 unspecified atom stereocenters. The Morgan fingerprint density at radius 3 is 2.78 bits per heavy atom. The zero-order valence-electron chi connectivity index (χ0n) is 13.2. The van der Waals surface area contributed by atoms with E-state index >= 15 is 0 Å². The van der Waals surface area contributed by atoms with Gasteiger partial charge >= 0.3 is 0 Å². The third kappa shape index (κ3) is 5.07. The number of nitrogens with zero attached hydrogens (tertiary/aromatic N) is 2. The number of unbranched alkanes of at least 4 members (excludes halogenated alkanes) is 1. The number of carbonyl (C=O) groups is 1. The molecule has 0 aliphatic carbocycles. The maximum absolute atomic E-state index is 11.9. The minimum atomic E-state index is -0.313. The van der Waals surface area contributed by atoms with Crippen molar-refractivity contribution in [3.63, 3.8) is 0 Å². The van der Waals surface area contributed by atoms with E-state index in [2.05, 4.69) is 22.4 Å². The predicted octanol–water partition coefficient (Wildman–Crippen LogP) is 2.98.